The van der Waals surface area contributed by atoms with Crippen LogP contribution in [0.4, 0.5) is 40.8 Å². The molecule has 7 nitrogen and oxygen atoms in total. The molecule has 0 radical (unpaired) electrons. The van der Waals surface area contributed by atoms with Gasteiger partial charge in [0.05, 0.1) is 17.7 Å². The third kappa shape index (κ3) is 6.71. The second kappa shape index (κ2) is 12.2. The van der Waals surface area contributed by atoms with Gasteiger partial charge < -0.3 is 10.6 Å². The number of alkyl halides is 8. The van der Waals surface area contributed by atoms with E-state index in [0.717, 1.165) is 0 Å². The summed E-state index contributed by atoms with van der Waals surface area (Å²) in [6, 6.07) is 7.96. The van der Waals surface area contributed by atoms with Gasteiger partial charge in [-0.2, -0.15) is 46.9 Å². The number of hydrogen-bond acceptors (Lipinski definition) is 5. The van der Waals surface area contributed by atoms with Gasteiger partial charge in [-0.25, -0.2) is 9.67 Å². The van der Waals surface area contributed by atoms with Crippen LogP contribution in [0.25, 0.3) is 0 Å². The second-order valence-corrected chi connectivity index (χ2v) is 10.9. The molecule has 0 unspecified atom stereocenters. The molecule has 0 aliphatic carbocycles. The van der Waals surface area contributed by atoms with Crippen molar-refractivity contribution in [3.63, 3.8) is 0 Å². The van der Waals surface area contributed by atoms with Crippen LogP contribution in [-0.4, -0.2) is 50.8 Å². The molecule has 228 valence electrons. The number of nitrogens with zero attached hydrogens (tertiary/aromatic N) is 4. The summed E-state index contributed by atoms with van der Waals surface area (Å²) >= 11 is 4.69. The zero-order chi connectivity index (χ0) is 31.8. The van der Waals surface area contributed by atoms with Gasteiger partial charge in [-0.15, -0.1) is 5.10 Å². The molecule has 1 heterocycles. The normalized spacial score (nSPS) is 13.2. The number of primary amides is 1. The molecule has 0 saturated heterocycles. The Hall–Kier alpha value is -3.21. The first-order valence-corrected chi connectivity index (χ1v) is 14.0. The minimum atomic E-state index is -6.22. The van der Waals surface area contributed by atoms with Crippen molar-refractivity contribution in [2.24, 2.45) is 5.73 Å². The Labute approximate surface area is 246 Å². The number of aromatic nitrogens is 3. The standard InChI is InChI=1S/C25H22BrF8N5O2S/c1-12-9-14(10-38-22(24(29,30)31)36-21(37-38)23(27,28)25(32,33)34)7-8-17(12)39(13(2)11-42-3)20(41)18-15(19(35)40)5-4-6-16(18)26/h4-9,13H,10-11H2,1-3H3,(H2,35,40)/t13-/m0/s1. The average molecular weight is 688 g/mol. The maximum Gasteiger partial charge on any atom is 0.461 e. The van der Waals surface area contributed by atoms with E-state index in [1.54, 1.807) is 19.2 Å². The minimum Gasteiger partial charge on any atom is -0.366 e. The molecular weight excluding hydrogens is 666 g/mol. The van der Waals surface area contributed by atoms with Crippen molar-refractivity contribution in [1.82, 2.24) is 14.8 Å². The van der Waals surface area contributed by atoms with Gasteiger partial charge in [-0.05, 0) is 65.4 Å². The van der Waals surface area contributed by atoms with Gasteiger partial charge in [0.15, 0.2) is 0 Å². The Kier molecular flexibility index (Phi) is 9.66. The lowest BCUT2D eigenvalue weighted by molar-refractivity contribution is -0.292. The molecule has 1 atom stereocenters. The topological polar surface area (TPSA) is 94.1 Å². The van der Waals surface area contributed by atoms with Gasteiger partial charge in [-0.3, -0.25) is 9.59 Å². The lowest BCUT2D eigenvalue weighted by Crippen LogP contribution is -2.41. The Bertz CT molecular complexity index is 1490. The predicted molar refractivity (Wildman–Crippen MR) is 143 cm³/mol. The minimum absolute atomic E-state index is 0.0167. The van der Waals surface area contributed by atoms with E-state index in [1.165, 1.54) is 53.9 Å². The lowest BCUT2D eigenvalue weighted by atomic mass is 10.0. The van der Waals surface area contributed by atoms with Crippen molar-refractivity contribution in [1.29, 1.82) is 0 Å². The summed E-state index contributed by atoms with van der Waals surface area (Å²) in [6.07, 6.45) is -9.80. The van der Waals surface area contributed by atoms with E-state index >= 15 is 0 Å². The number of halogens is 9. The van der Waals surface area contributed by atoms with Crippen LogP contribution in [0.3, 0.4) is 0 Å². The van der Waals surface area contributed by atoms with E-state index in [1.807, 2.05) is 0 Å². The summed E-state index contributed by atoms with van der Waals surface area (Å²) in [7, 11) is 0. The molecule has 3 aromatic rings. The zero-order valence-corrected chi connectivity index (χ0v) is 24.4. The fraction of sp³-hybridized carbons (Fsp3) is 0.360. The van der Waals surface area contributed by atoms with E-state index in [4.69, 9.17) is 5.73 Å². The van der Waals surface area contributed by atoms with E-state index in [-0.39, 0.29) is 25.8 Å². The first-order chi connectivity index (χ1) is 19.3. The summed E-state index contributed by atoms with van der Waals surface area (Å²) in [4.78, 5) is 29.7. The Balaban J connectivity index is 2.08. The molecule has 1 aromatic heterocycles. The summed E-state index contributed by atoms with van der Waals surface area (Å²) in [5.74, 6) is -11.1. The number of carbonyl (C=O) groups is 2. The monoisotopic (exact) mass is 687 g/mol. The maximum absolute atomic E-state index is 13.8. The van der Waals surface area contributed by atoms with Crippen molar-refractivity contribution in [2.45, 2.75) is 44.7 Å². The number of hydrogen-bond donors (Lipinski definition) is 1. The molecule has 42 heavy (non-hydrogen) atoms. The number of amides is 2. The van der Waals surface area contributed by atoms with Crippen LogP contribution in [0, 0.1) is 6.92 Å². The molecule has 17 heteroatoms. The van der Waals surface area contributed by atoms with Crippen molar-refractivity contribution in [3.05, 3.63) is 74.8 Å². The van der Waals surface area contributed by atoms with Crippen LogP contribution in [0.15, 0.2) is 40.9 Å². The van der Waals surface area contributed by atoms with Gasteiger partial charge in [0.2, 0.25) is 17.6 Å². The van der Waals surface area contributed by atoms with Crippen LogP contribution in [0.1, 0.15) is 50.4 Å². The molecule has 0 saturated carbocycles. The highest BCUT2D eigenvalue weighted by Gasteiger charge is 2.62. The number of thioether (sulfide) groups is 1. The van der Waals surface area contributed by atoms with Crippen LogP contribution >= 0.6 is 27.7 Å². The summed E-state index contributed by atoms with van der Waals surface area (Å²) in [6.45, 7) is 2.40. The lowest BCUT2D eigenvalue weighted by Gasteiger charge is -2.31. The van der Waals surface area contributed by atoms with Crippen molar-refractivity contribution in [2.75, 3.05) is 16.9 Å². The largest absolute Gasteiger partial charge is 0.461 e. The first kappa shape index (κ1) is 33.3. The van der Waals surface area contributed by atoms with Crippen LogP contribution < -0.4 is 10.6 Å². The van der Waals surface area contributed by atoms with Crippen LogP contribution in [-0.2, 0) is 18.6 Å². The van der Waals surface area contributed by atoms with E-state index < -0.39 is 54.3 Å². The molecule has 0 spiro atoms. The fourth-order valence-electron chi connectivity index (χ4n) is 4.11. The summed E-state index contributed by atoms with van der Waals surface area (Å²) in [5.41, 5.74) is 6.09. The SMILES string of the molecule is CSC[C@H](C)N(C(=O)c1c(Br)cccc1C(N)=O)c1ccc(Cn2nc(C(F)(F)C(F)(F)F)nc2C(F)(F)F)cc1C. The molecule has 3 rings (SSSR count). The number of benzene rings is 2. The average Bonchev–Trinajstić information content (AvgIpc) is 3.30. The van der Waals surface area contributed by atoms with Gasteiger partial charge in [0.1, 0.15) is 0 Å². The molecular formula is C25H22BrF8N5O2S. The Morgan fingerprint density at radius 3 is 2.26 bits per heavy atom. The van der Waals surface area contributed by atoms with Crippen molar-refractivity contribution >= 4 is 45.2 Å². The van der Waals surface area contributed by atoms with Crippen molar-refractivity contribution < 1.29 is 44.7 Å². The van der Waals surface area contributed by atoms with E-state index in [2.05, 4.69) is 26.0 Å². The van der Waals surface area contributed by atoms with Gasteiger partial charge in [-0.1, -0.05) is 18.2 Å². The highest BCUT2D eigenvalue weighted by molar-refractivity contribution is 9.10. The third-order valence-corrected chi connectivity index (χ3v) is 7.45. The van der Waals surface area contributed by atoms with Crippen LogP contribution in [0.5, 0.6) is 0 Å². The summed E-state index contributed by atoms with van der Waals surface area (Å²) < 4.78 is 107. The maximum atomic E-state index is 13.8. The first-order valence-electron chi connectivity index (χ1n) is 11.8. The molecule has 2 aromatic carbocycles. The number of rotatable bonds is 9. The number of nitrogens with two attached hydrogens (primary N) is 1. The Morgan fingerprint density at radius 2 is 1.74 bits per heavy atom. The van der Waals surface area contributed by atoms with Crippen molar-refractivity contribution in [3.8, 4) is 0 Å². The highest BCUT2D eigenvalue weighted by Crippen LogP contribution is 2.43. The smallest absolute Gasteiger partial charge is 0.366 e. The van der Waals surface area contributed by atoms with Gasteiger partial charge in [0, 0.05) is 22.0 Å². The van der Waals surface area contributed by atoms with Gasteiger partial charge >= 0.3 is 18.3 Å². The van der Waals surface area contributed by atoms with Crippen LogP contribution in [0.2, 0.25) is 0 Å². The highest BCUT2D eigenvalue weighted by atomic mass is 79.9. The summed E-state index contributed by atoms with van der Waals surface area (Å²) in [5, 5.41) is 2.85. The Morgan fingerprint density at radius 1 is 1.10 bits per heavy atom. The molecule has 0 fully saturated rings. The molecule has 2 N–H and O–H groups in total. The number of anilines is 1. The fourth-order valence-corrected chi connectivity index (χ4v) is 5.28. The second-order valence-electron chi connectivity index (χ2n) is 9.11. The van der Waals surface area contributed by atoms with Gasteiger partial charge in [0.25, 0.3) is 5.91 Å². The van der Waals surface area contributed by atoms with E-state index in [9.17, 15) is 44.7 Å². The molecule has 0 aliphatic rings. The number of carbonyl (C=O) groups excluding carboxylic acids is 2. The quantitative estimate of drug-likeness (QED) is 0.257. The van der Waals surface area contributed by atoms with E-state index in [0.29, 0.717) is 17.0 Å². The third-order valence-electron chi connectivity index (χ3n) is 5.98. The molecule has 0 bridgehead atoms. The molecule has 0 aliphatic heterocycles. The predicted octanol–water partition coefficient (Wildman–Crippen LogP) is 6.57. The zero-order valence-electron chi connectivity index (χ0n) is 21.9. The molecule has 2 amide bonds. The number of aryl methyl sites for hydroxylation is 1.